The molecule has 0 saturated carbocycles. The van der Waals surface area contributed by atoms with Crippen molar-refractivity contribution in [3.63, 3.8) is 0 Å². The van der Waals surface area contributed by atoms with E-state index >= 15 is 0 Å². The molecule has 0 aliphatic heterocycles. The standard InChI is InChI=1S/C13H13NO4/c1-2-18-13(15)12(14(16)17)10-6-9-11-7-4-3-5-8-11/h3-10H,2H2,1H3/b9-6+,12-10-. The van der Waals surface area contributed by atoms with E-state index in [0.717, 1.165) is 11.6 Å². The van der Waals surface area contributed by atoms with Crippen LogP contribution in [-0.2, 0) is 9.53 Å². The quantitative estimate of drug-likeness (QED) is 0.263. The summed E-state index contributed by atoms with van der Waals surface area (Å²) in [7, 11) is 0. The predicted molar refractivity (Wildman–Crippen MR) is 67.2 cm³/mol. The molecule has 0 N–H and O–H groups in total. The Balaban J connectivity index is 2.81. The molecular weight excluding hydrogens is 234 g/mol. The number of esters is 1. The van der Waals surface area contributed by atoms with Gasteiger partial charge in [-0.2, -0.15) is 0 Å². The summed E-state index contributed by atoms with van der Waals surface area (Å²) >= 11 is 0. The lowest BCUT2D eigenvalue weighted by molar-refractivity contribution is -0.421. The van der Waals surface area contributed by atoms with E-state index in [2.05, 4.69) is 4.74 Å². The molecule has 0 spiro atoms. The minimum Gasteiger partial charge on any atom is -0.458 e. The van der Waals surface area contributed by atoms with Gasteiger partial charge < -0.3 is 4.74 Å². The maximum absolute atomic E-state index is 11.3. The van der Waals surface area contributed by atoms with E-state index in [9.17, 15) is 14.9 Å². The monoisotopic (exact) mass is 247 g/mol. The highest BCUT2D eigenvalue weighted by Crippen LogP contribution is 2.04. The summed E-state index contributed by atoms with van der Waals surface area (Å²) in [4.78, 5) is 21.2. The number of allylic oxidation sites excluding steroid dienone is 2. The third-order valence-electron chi connectivity index (χ3n) is 2.02. The third kappa shape index (κ3) is 4.21. The largest absolute Gasteiger partial charge is 0.458 e. The van der Waals surface area contributed by atoms with E-state index in [0.29, 0.717) is 0 Å². The molecule has 0 aromatic heterocycles. The van der Waals surface area contributed by atoms with Gasteiger partial charge in [-0.05, 0) is 12.5 Å². The predicted octanol–water partition coefficient (Wildman–Crippen LogP) is 2.42. The molecule has 18 heavy (non-hydrogen) atoms. The number of rotatable bonds is 5. The topological polar surface area (TPSA) is 69.4 Å². The molecule has 0 aliphatic rings. The van der Waals surface area contributed by atoms with Crippen molar-refractivity contribution in [2.24, 2.45) is 0 Å². The lowest BCUT2D eigenvalue weighted by Crippen LogP contribution is -2.14. The molecule has 0 amide bonds. The third-order valence-corrected chi connectivity index (χ3v) is 2.02. The molecule has 0 unspecified atom stereocenters. The second-order valence-electron chi connectivity index (χ2n) is 3.30. The van der Waals surface area contributed by atoms with Crippen LogP contribution in [0.15, 0.2) is 48.2 Å². The van der Waals surface area contributed by atoms with Crippen LogP contribution in [0.5, 0.6) is 0 Å². The molecule has 1 rings (SSSR count). The number of carbonyl (C=O) groups excluding carboxylic acids is 1. The Kier molecular flexibility index (Phi) is 5.31. The lowest BCUT2D eigenvalue weighted by atomic mass is 10.2. The molecule has 0 bridgehead atoms. The first-order valence-corrected chi connectivity index (χ1v) is 5.40. The van der Waals surface area contributed by atoms with E-state index in [1.165, 1.54) is 6.08 Å². The fourth-order valence-corrected chi connectivity index (χ4v) is 1.22. The molecule has 0 saturated heterocycles. The van der Waals surface area contributed by atoms with Crippen molar-refractivity contribution in [3.8, 4) is 0 Å². The fourth-order valence-electron chi connectivity index (χ4n) is 1.22. The van der Waals surface area contributed by atoms with Crippen LogP contribution < -0.4 is 0 Å². The van der Waals surface area contributed by atoms with Crippen molar-refractivity contribution >= 4 is 12.0 Å². The SMILES string of the molecule is CCOC(=O)/C(=C/C=C/c1ccccc1)[N+](=O)[O-]. The van der Waals surface area contributed by atoms with Crippen molar-refractivity contribution in [1.82, 2.24) is 0 Å². The molecule has 1 aromatic carbocycles. The molecule has 5 nitrogen and oxygen atoms in total. The van der Waals surface area contributed by atoms with Crippen LogP contribution in [0.4, 0.5) is 0 Å². The van der Waals surface area contributed by atoms with Crippen molar-refractivity contribution in [2.75, 3.05) is 6.61 Å². The zero-order valence-corrected chi connectivity index (χ0v) is 9.91. The summed E-state index contributed by atoms with van der Waals surface area (Å²) < 4.78 is 4.59. The minimum atomic E-state index is -0.930. The first kappa shape index (κ1) is 13.6. The first-order valence-electron chi connectivity index (χ1n) is 5.40. The number of nitro groups is 1. The lowest BCUT2D eigenvalue weighted by Gasteiger charge is -1.97. The molecule has 94 valence electrons. The highest BCUT2D eigenvalue weighted by molar-refractivity contribution is 5.86. The summed E-state index contributed by atoms with van der Waals surface area (Å²) in [5, 5.41) is 10.7. The van der Waals surface area contributed by atoms with Crippen molar-refractivity contribution < 1.29 is 14.5 Å². The smallest absolute Gasteiger partial charge is 0.409 e. The van der Waals surface area contributed by atoms with E-state index in [1.54, 1.807) is 13.0 Å². The highest BCUT2D eigenvalue weighted by Gasteiger charge is 2.21. The molecule has 0 fully saturated rings. The molecule has 0 heterocycles. The summed E-state index contributed by atoms with van der Waals surface area (Å²) in [6, 6.07) is 9.27. The molecule has 0 aliphatic carbocycles. The summed E-state index contributed by atoms with van der Waals surface area (Å²) in [5.41, 5.74) is 0.310. The van der Waals surface area contributed by atoms with Gasteiger partial charge in [0.2, 0.25) is 0 Å². The number of benzene rings is 1. The Bertz CT molecular complexity index is 477. The Morgan fingerprint density at radius 3 is 2.61 bits per heavy atom. The number of carbonyl (C=O) groups is 1. The van der Waals surface area contributed by atoms with Gasteiger partial charge in [-0.3, -0.25) is 10.1 Å². The number of hydrogen-bond acceptors (Lipinski definition) is 4. The van der Waals surface area contributed by atoms with E-state index in [-0.39, 0.29) is 6.61 Å². The van der Waals surface area contributed by atoms with Gasteiger partial charge in [0.1, 0.15) is 0 Å². The normalized spacial score (nSPS) is 11.5. The summed E-state index contributed by atoms with van der Waals surface area (Å²) in [5.74, 6) is -0.930. The number of hydrogen-bond donors (Lipinski definition) is 0. The molecule has 1 aromatic rings. The van der Waals surface area contributed by atoms with Gasteiger partial charge >= 0.3 is 11.7 Å². The molecule has 0 atom stereocenters. The molecular formula is C13H13NO4. The Labute approximate surface area is 105 Å². The Morgan fingerprint density at radius 1 is 1.39 bits per heavy atom. The second-order valence-corrected chi connectivity index (χ2v) is 3.30. The summed E-state index contributed by atoms with van der Waals surface area (Å²) in [6.45, 7) is 1.70. The Hall–Kier alpha value is -2.43. The van der Waals surface area contributed by atoms with Crippen LogP contribution in [0.2, 0.25) is 0 Å². The van der Waals surface area contributed by atoms with Crippen LogP contribution in [-0.4, -0.2) is 17.5 Å². The zero-order valence-electron chi connectivity index (χ0n) is 9.91. The number of nitrogens with zero attached hydrogens (tertiary/aromatic N) is 1. The number of ether oxygens (including phenoxy) is 1. The minimum absolute atomic E-state index is 0.104. The van der Waals surface area contributed by atoms with Crippen LogP contribution in [0.3, 0.4) is 0 Å². The van der Waals surface area contributed by atoms with Crippen LogP contribution in [0, 0.1) is 10.1 Å². The average Bonchev–Trinajstić information content (AvgIpc) is 2.35. The zero-order chi connectivity index (χ0) is 13.4. The fraction of sp³-hybridized carbons (Fsp3) is 0.154. The van der Waals surface area contributed by atoms with Gasteiger partial charge in [0, 0.05) is 6.08 Å². The van der Waals surface area contributed by atoms with Gasteiger partial charge in [0.15, 0.2) is 0 Å². The summed E-state index contributed by atoms with van der Waals surface area (Å²) in [6.07, 6.45) is 4.25. The first-order chi connectivity index (χ1) is 8.65. The maximum Gasteiger partial charge on any atom is 0.409 e. The van der Waals surface area contributed by atoms with Gasteiger partial charge in [0.25, 0.3) is 0 Å². The molecule has 0 radical (unpaired) electrons. The maximum atomic E-state index is 11.3. The van der Waals surface area contributed by atoms with E-state index in [4.69, 9.17) is 0 Å². The molecule has 5 heteroatoms. The highest BCUT2D eigenvalue weighted by atomic mass is 16.6. The van der Waals surface area contributed by atoms with Gasteiger partial charge in [-0.15, -0.1) is 0 Å². The Morgan fingerprint density at radius 2 is 2.06 bits per heavy atom. The van der Waals surface area contributed by atoms with Crippen molar-refractivity contribution in [2.45, 2.75) is 6.92 Å². The van der Waals surface area contributed by atoms with Crippen molar-refractivity contribution in [3.05, 3.63) is 63.9 Å². The van der Waals surface area contributed by atoms with Crippen molar-refractivity contribution in [1.29, 1.82) is 0 Å². The second kappa shape index (κ2) is 7.01. The van der Waals surface area contributed by atoms with Crippen LogP contribution in [0.25, 0.3) is 6.08 Å². The van der Waals surface area contributed by atoms with Gasteiger partial charge in [-0.1, -0.05) is 42.5 Å². The van der Waals surface area contributed by atoms with Gasteiger partial charge in [-0.25, -0.2) is 4.79 Å². The van der Waals surface area contributed by atoms with Gasteiger partial charge in [0.05, 0.1) is 11.5 Å². The van der Waals surface area contributed by atoms with E-state index < -0.39 is 16.6 Å². The van der Waals surface area contributed by atoms with Crippen LogP contribution in [0.1, 0.15) is 12.5 Å². The van der Waals surface area contributed by atoms with Crippen LogP contribution >= 0.6 is 0 Å². The van der Waals surface area contributed by atoms with E-state index in [1.807, 2.05) is 30.3 Å². The average molecular weight is 247 g/mol.